The summed E-state index contributed by atoms with van der Waals surface area (Å²) in [4.78, 5) is 3.96. The third-order valence-corrected chi connectivity index (χ3v) is 1.15. The SMILES string of the molecule is CN/C=C(\C)c1ncn[nH]1. The molecule has 1 heterocycles. The number of hydrogen-bond donors (Lipinski definition) is 2. The topological polar surface area (TPSA) is 53.6 Å². The van der Waals surface area contributed by atoms with Crippen molar-refractivity contribution in [2.75, 3.05) is 7.05 Å². The van der Waals surface area contributed by atoms with Crippen molar-refractivity contribution in [3.63, 3.8) is 0 Å². The van der Waals surface area contributed by atoms with Crippen molar-refractivity contribution in [2.24, 2.45) is 0 Å². The van der Waals surface area contributed by atoms with Crippen molar-refractivity contribution >= 4 is 5.57 Å². The van der Waals surface area contributed by atoms with Gasteiger partial charge in [0.05, 0.1) is 0 Å². The van der Waals surface area contributed by atoms with Crippen LogP contribution in [0.2, 0.25) is 0 Å². The molecule has 0 saturated carbocycles. The molecule has 2 N–H and O–H groups in total. The Balaban J connectivity index is 2.77. The number of aromatic nitrogens is 3. The van der Waals surface area contributed by atoms with E-state index in [2.05, 4.69) is 20.5 Å². The van der Waals surface area contributed by atoms with Gasteiger partial charge in [-0.2, -0.15) is 5.10 Å². The molecule has 10 heavy (non-hydrogen) atoms. The van der Waals surface area contributed by atoms with Crippen molar-refractivity contribution in [3.05, 3.63) is 18.4 Å². The van der Waals surface area contributed by atoms with Gasteiger partial charge in [-0.1, -0.05) is 0 Å². The summed E-state index contributed by atoms with van der Waals surface area (Å²) in [6.07, 6.45) is 3.35. The Kier molecular flexibility index (Phi) is 2.04. The van der Waals surface area contributed by atoms with Gasteiger partial charge in [0, 0.05) is 18.8 Å². The lowest BCUT2D eigenvalue weighted by molar-refractivity contribution is 1.05. The summed E-state index contributed by atoms with van der Waals surface area (Å²) in [5, 5.41) is 9.38. The van der Waals surface area contributed by atoms with Crippen molar-refractivity contribution in [2.45, 2.75) is 6.92 Å². The number of hydrogen-bond acceptors (Lipinski definition) is 3. The van der Waals surface area contributed by atoms with Crippen LogP contribution in [0.1, 0.15) is 12.7 Å². The van der Waals surface area contributed by atoms with Gasteiger partial charge in [0.2, 0.25) is 0 Å². The summed E-state index contributed by atoms with van der Waals surface area (Å²) in [6, 6.07) is 0. The Hall–Kier alpha value is -1.32. The Labute approximate surface area is 59.4 Å². The third-order valence-electron chi connectivity index (χ3n) is 1.15. The van der Waals surface area contributed by atoms with Crippen LogP contribution in [0.5, 0.6) is 0 Å². The van der Waals surface area contributed by atoms with E-state index in [1.807, 2.05) is 20.2 Å². The second kappa shape index (κ2) is 3.00. The maximum Gasteiger partial charge on any atom is 0.152 e. The summed E-state index contributed by atoms with van der Waals surface area (Å²) in [6.45, 7) is 1.96. The minimum absolute atomic E-state index is 0.800. The van der Waals surface area contributed by atoms with Crippen molar-refractivity contribution in [1.29, 1.82) is 0 Å². The average Bonchev–Trinajstić information content (AvgIpc) is 2.38. The quantitative estimate of drug-likeness (QED) is 0.621. The van der Waals surface area contributed by atoms with Crippen molar-refractivity contribution in [1.82, 2.24) is 20.5 Å². The normalized spacial score (nSPS) is 11.6. The van der Waals surface area contributed by atoms with Gasteiger partial charge in [-0.05, 0) is 6.92 Å². The highest BCUT2D eigenvalue weighted by molar-refractivity contribution is 5.55. The highest BCUT2D eigenvalue weighted by atomic mass is 15.2. The molecule has 4 heteroatoms. The summed E-state index contributed by atoms with van der Waals surface area (Å²) < 4.78 is 0. The van der Waals surface area contributed by atoms with Crippen LogP contribution in [0.15, 0.2) is 12.5 Å². The summed E-state index contributed by atoms with van der Waals surface area (Å²) >= 11 is 0. The molecule has 4 nitrogen and oxygen atoms in total. The molecule has 0 radical (unpaired) electrons. The molecule has 1 aromatic heterocycles. The Morgan fingerprint density at radius 2 is 2.60 bits per heavy atom. The smallest absolute Gasteiger partial charge is 0.152 e. The number of H-pyrrole nitrogens is 1. The van der Waals surface area contributed by atoms with E-state index in [0.29, 0.717) is 0 Å². The molecule has 54 valence electrons. The molecule has 0 unspecified atom stereocenters. The van der Waals surface area contributed by atoms with Crippen LogP contribution in [0.4, 0.5) is 0 Å². The van der Waals surface area contributed by atoms with Gasteiger partial charge >= 0.3 is 0 Å². The number of nitrogens with zero attached hydrogens (tertiary/aromatic N) is 2. The zero-order valence-electron chi connectivity index (χ0n) is 6.05. The van der Waals surface area contributed by atoms with Gasteiger partial charge in [0.15, 0.2) is 5.82 Å². The van der Waals surface area contributed by atoms with Crippen molar-refractivity contribution in [3.8, 4) is 0 Å². The molecule has 0 aliphatic rings. The molecule has 0 fully saturated rings. The first kappa shape index (κ1) is 6.80. The van der Waals surface area contributed by atoms with Gasteiger partial charge in [0.25, 0.3) is 0 Å². The molecule has 0 atom stereocenters. The van der Waals surface area contributed by atoms with Crippen LogP contribution >= 0.6 is 0 Å². The lowest BCUT2D eigenvalue weighted by Crippen LogP contribution is -1.95. The van der Waals surface area contributed by atoms with E-state index in [0.717, 1.165) is 11.4 Å². The zero-order valence-corrected chi connectivity index (χ0v) is 6.05. The summed E-state index contributed by atoms with van der Waals surface area (Å²) in [7, 11) is 1.85. The predicted octanol–water partition coefficient (Wildman–Crippen LogP) is 0.385. The van der Waals surface area contributed by atoms with Crippen LogP contribution in [0, 0.1) is 0 Å². The first-order chi connectivity index (χ1) is 4.84. The monoisotopic (exact) mass is 138 g/mol. The summed E-state index contributed by atoms with van der Waals surface area (Å²) in [5.41, 5.74) is 1.04. The van der Waals surface area contributed by atoms with Crippen LogP contribution in [0.25, 0.3) is 5.57 Å². The average molecular weight is 138 g/mol. The van der Waals surface area contributed by atoms with Crippen molar-refractivity contribution < 1.29 is 0 Å². The van der Waals surface area contributed by atoms with Gasteiger partial charge in [-0.25, -0.2) is 4.98 Å². The highest BCUT2D eigenvalue weighted by Gasteiger charge is 1.94. The van der Waals surface area contributed by atoms with Crippen LogP contribution in [-0.2, 0) is 0 Å². The van der Waals surface area contributed by atoms with Crippen LogP contribution in [0.3, 0.4) is 0 Å². The molecular weight excluding hydrogens is 128 g/mol. The number of nitrogens with one attached hydrogen (secondary N) is 2. The molecule has 0 aromatic carbocycles. The zero-order chi connectivity index (χ0) is 7.40. The van der Waals surface area contributed by atoms with E-state index >= 15 is 0 Å². The Morgan fingerprint density at radius 1 is 1.80 bits per heavy atom. The van der Waals surface area contributed by atoms with E-state index < -0.39 is 0 Å². The third kappa shape index (κ3) is 1.34. The number of rotatable bonds is 2. The van der Waals surface area contributed by atoms with Gasteiger partial charge in [-0.3, -0.25) is 5.10 Å². The summed E-state index contributed by atoms with van der Waals surface area (Å²) in [5.74, 6) is 0.800. The fourth-order valence-corrected chi connectivity index (χ4v) is 0.680. The fraction of sp³-hybridized carbons (Fsp3) is 0.333. The minimum atomic E-state index is 0.800. The van der Waals surface area contributed by atoms with Gasteiger partial charge in [-0.15, -0.1) is 0 Å². The maximum atomic E-state index is 3.96. The molecule has 0 bridgehead atoms. The first-order valence-electron chi connectivity index (χ1n) is 3.04. The molecule has 0 aliphatic heterocycles. The van der Waals surface area contributed by atoms with E-state index in [1.165, 1.54) is 6.33 Å². The number of aromatic amines is 1. The Bertz CT molecular complexity index is 212. The fourth-order valence-electron chi connectivity index (χ4n) is 0.680. The second-order valence-electron chi connectivity index (χ2n) is 1.95. The second-order valence-corrected chi connectivity index (χ2v) is 1.95. The predicted molar refractivity (Wildman–Crippen MR) is 39.1 cm³/mol. The standard InChI is InChI=1S/C6H10N4/c1-5(3-7-2)6-8-4-9-10-6/h3-4,7H,1-2H3,(H,8,9,10)/b5-3+. The van der Waals surface area contributed by atoms with Crippen LogP contribution in [-0.4, -0.2) is 22.2 Å². The highest BCUT2D eigenvalue weighted by Crippen LogP contribution is 2.02. The van der Waals surface area contributed by atoms with E-state index in [1.54, 1.807) is 0 Å². The lowest BCUT2D eigenvalue weighted by Gasteiger charge is -1.92. The Morgan fingerprint density at radius 3 is 3.10 bits per heavy atom. The molecule has 0 spiro atoms. The van der Waals surface area contributed by atoms with E-state index in [4.69, 9.17) is 0 Å². The van der Waals surface area contributed by atoms with Crippen LogP contribution < -0.4 is 5.32 Å². The van der Waals surface area contributed by atoms with Gasteiger partial charge < -0.3 is 5.32 Å². The molecular formula is C6H10N4. The largest absolute Gasteiger partial charge is 0.394 e. The lowest BCUT2D eigenvalue weighted by atomic mass is 10.3. The first-order valence-corrected chi connectivity index (χ1v) is 3.04. The molecule has 1 aromatic rings. The maximum absolute atomic E-state index is 3.96. The van der Waals surface area contributed by atoms with Gasteiger partial charge in [0.1, 0.15) is 6.33 Å². The van der Waals surface area contributed by atoms with E-state index in [-0.39, 0.29) is 0 Å². The van der Waals surface area contributed by atoms with E-state index in [9.17, 15) is 0 Å². The number of allylic oxidation sites excluding steroid dienone is 1. The molecule has 0 aliphatic carbocycles. The minimum Gasteiger partial charge on any atom is -0.394 e. The molecule has 1 rings (SSSR count). The molecule has 0 amide bonds. The molecule has 0 saturated heterocycles.